The van der Waals surface area contributed by atoms with Gasteiger partial charge in [0.25, 0.3) is 0 Å². The minimum absolute atomic E-state index is 0.256. The largest absolute Gasteiger partial charge is 0.394 e. The standard InChI is InChI=1S/C10H17N3O4/c1-12-8(11)2-3-13(10(12)16)9-4-6(15)7(5-14)17-9/h2,6-7,9,14-15H,3-5,11H2,1H3/t6-,7+,9+/m0/s1. The summed E-state index contributed by atoms with van der Waals surface area (Å²) in [5, 5.41) is 18.6. The third-order valence-electron chi connectivity index (χ3n) is 3.15. The van der Waals surface area contributed by atoms with Crippen molar-refractivity contribution in [2.45, 2.75) is 24.9 Å². The van der Waals surface area contributed by atoms with E-state index in [1.54, 1.807) is 13.1 Å². The monoisotopic (exact) mass is 243 g/mol. The quantitative estimate of drug-likeness (QED) is 0.555. The fraction of sp³-hybridized carbons (Fsp3) is 0.700. The summed E-state index contributed by atoms with van der Waals surface area (Å²) in [5.41, 5.74) is 5.62. The highest BCUT2D eigenvalue weighted by Gasteiger charge is 2.40. The van der Waals surface area contributed by atoms with E-state index >= 15 is 0 Å². The molecular formula is C10H17N3O4. The molecule has 2 aliphatic rings. The van der Waals surface area contributed by atoms with Gasteiger partial charge in [-0.3, -0.25) is 9.80 Å². The van der Waals surface area contributed by atoms with Crippen molar-refractivity contribution in [2.24, 2.45) is 5.73 Å². The Bertz CT molecular complexity index is 346. The fourth-order valence-corrected chi connectivity index (χ4v) is 2.02. The fourth-order valence-electron chi connectivity index (χ4n) is 2.02. The molecule has 96 valence electrons. The van der Waals surface area contributed by atoms with Gasteiger partial charge in [0, 0.05) is 20.0 Å². The molecule has 0 saturated carbocycles. The summed E-state index contributed by atoms with van der Waals surface area (Å²) in [6.07, 6.45) is 0.135. The van der Waals surface area contributed by atoms with Gasteiger partial charge < -0.3 is 20.7 Å². The highest BCUT2D eigenvalue weighted by atomic mass is 16.5. The number of nitrogens with two attached hydrogens (primary N) is 1. The van der Waals surface area contributed by atoms with Crippen molar-refractivity contribution >= 4 is 6.03 Å². The maximum Gasteiger partial charge on any atom is 0.327 e. The van der Waals surface area contributed by atoms with Crippen LogP contribution in [0.2, 0.25) is 0 Å². The first kappa shape index (κ1) is 12.2. The molecule has 1 fully saturated rings. The molecule has 7 heteroatoms. The van der Waals surface area contributed by atoms with Crippen molar-refractivity contribution in [2.75, 3.05) is 20.2 Å². The van der Waals surface area contributed by atoms with Crippen molar-refractivity contribution in [3.05, 3.63) is 11.9 Å². The second-order valence-electron chi connectivity index (χ2n) is 4.24. The highest BCUT2D eigenvalue weighted by Crippen LogP contribution is 2.25. The topological polar surface area (TPSA) is 99.3 Å². The van der Waals surface area contributed by atoms with E-state index in [9.17, 15) is 9.90 Å². The number of nitrogens with zero attached hydrogens (tertiary/aromatic N) is 2. The van der Waals surface area contributed by atoms with E-state index in [2.05, 4.69) is 0 Å². The van der Waals surface area contributed by atoms with Crippen molar-refractivity contribution < 1.29 is 19.7 Å². The summed E-state index contributed by atoms with van der Waals surface area (Å²) in [5.74, 6) is 0.406. The molecule has 0 unspecified atom stereocenters. The lowest BCUT2D eigenvalue weighted by Gasteiger charge is -2.35. The van der Waals surface area contributed by atoms with Crippen molar-refractivity contribution in [1.82, 2.24) is 9.80 Å². The van der Waals surface area contributed by atoms with Gasteiger partial charge in [0.1, 0.15) is 18.2 Å². The average molecular weight is 243 g/mol. The van der Waals surface area contributed by atoms with E-state index in [0.717, 1.165) is 0 Å². The Balaban J connectivity index is 2.07. The first-order valence-corrected chi connectivity index (χ1v) is 5.49. The van der Waals surface area contributed by atoms with Gasteiger partial charge in [0.05, 0.1) is 12.7 Å². The number of aliphatic hydroxyl groups is 2. The van der Waals surface area contributed by atoms with Crippen LogP contribution in [0.15, 0.2) is 11.9 Å². The minimum atomic E-state index is -0.744. The summed E-state index contributed by atoms with van der Waals surface area (Å²) in [7, 11) is 1.58. The number of amides is 2. The zero-order chi connectivity index (χ0) is 12.6. The highest BCUT2D eigenvalue weighted by molar-refractivity contribution is 5.77. The molecule has 17 heavy (non-hydrogen) atoms. The molecule has 2 aliphatic heterocycles. The molecule has 4 N–H and O–H groups in total. The van der Waals surface area contributed by atoms with Gasteiger partial charge in [-0.2, -0.15) is 0 Å². The van der Waals surface area contributed by atoms with Crippen LogP contribution >= 0.6 is 0 Å². The predicted molar refractivity (Wildman–Crippen MR) is 58.5 cm³/mol. The Morgan fingerprint density at radius 2 is 2.35 bits per heavy atom. The number of aliphatic hydroxyl groups excluding tert-OH is 2. The number of carbonyl (C=O) groups is 1. The molecule has 2 amide bonds. The van der Waals surface area contributed by atoms with Crippen LogP contribution in [-0.4, -0.2) is 64.7 Å². The van der Waals surface area contributed by atoms with E-state index in [4.69, 9.17) is 15.6 Å². The number of carbonyl (C=O) groups excluding carboxylic acids is 1. The van der Waals surface area contributed by atoms with Crippen LogP contribution in [0, 0.1) is 0 Å². The number of hydrogen-bond acceptors (Lipinski definition) is 5. The van der Waals surface area contributed by atoms with Gasteiger partial charge in [-0.05, 0) is 6.08 Å². The summed E-state index contributed by atoms with van der Waals surface area (Å²) in [6, 6.07) is -0.263. The molecule has 3 atom stereocenters. The Morgan fingerprint density at radius 1 is 1.65 bits per heavy atom. The van der Waals surface area contributed by atoms with Crippen LogP contribution < -0.4 is 5.73 Å². The Morgan fingerprint density at radius 3 is 2.94 bits per heavy atom. The molecule has 0 bridgehead atoms. The molecule has 0 aromatic rings. The molecule has 7 nitrogen and oxygen atoms in total. The van der Waals surface area contributed by atoms with Crippen LogP contribution in [0.3, 0.4) is 0 Å². The van der Waals surface area contributed by atoms with Gasteiger partial charge in [-0.25, -0.2) is 4.79 Å². The zero-order valence-corrected chi connectivity index (χ0v) is 9.61. The van der Waals surface area contributed by atoms with Gasteiger partial charge in [0.15, 0.2) is 0 Å². The third-order valence-corrected chi connectivity index (χ3v) is 3.15. The van der Waals surface area contributed by atoms with E-state index in [0.29, 0.717) is 18.8 Å². The van der Waals surface area contributed by atoms with Crippen LogP contribution in [-0.2, 0) is 4.74 Å². The smallest absolute Gasteiger partial charge is 0.327 e. The third kappa shape index (κ3) is 2.08. The van der Waals surface area contributed by atoms with Gasteiger partial charge >= 0.3 is 6.03 Å². The lowest BCUT2D eigenvalue weighted by atomic mass is 10.2. The van der Waals surface area contributed by atoms with Crippen molar-refractivity contribution in [3.63, 3.8) is 0 Å². The van der Waals surface area contributed by atoms with Gasteiger partial charge in [0.2, 0.25) is 0 Å². The predicted octanol–water partition coefficient (Wildman–Crippen LogP) is -1.38. The summed E-state index contributed by atoms with van der Waals surface area (Å²) in [6.45, 7) is 0.0953. The van der Waals surface area contributed by atoms with Crippen LogP contribution in [0.1, 0.15) is 6.42 Å². The lowest BCUT2D eigenvalue weighted by Crippen LogP contribution is -2.51. The molecule has 0 aromatic carbocycles. The van der Waals surface area contributed by atoms with Crippen LogP contribution in [0.4, 0.5) is 4.79 Å². The lowest BCUT2D eigenvalue weighted by molar-refractivity contribution is -0.0651. The van der Waals surface area contributed by atoms with E-state index in [1.807, 2.05) is 0 Å². The first-order valence-electron chi connectivity index (χ1n) is 5.49. The van der Waals surface area contributed by atoms with E-state index < -0.39 is 18.4 Å². The van der Waals surface area contributed by atoms with Crippen molar-refractivity contribution in [3.8, 4) is 0 Å². The number of rotatable bonds is 2. The Kier molecular flexibility index (Phi) is 3.23. The zero-order valence-electron chi connectivity index (χ0n) is 9.61. The number of hydrogen-bond donors (Lipinski definition) is 3. The maximum atomic E-state index is 11.9. The van der Waals surface area contributed by atoms with E-state index in [-0.39, 0.29) is 12.6 Å². The normalized spacial score (nSPS) is 34.2. The maximum absolute atomic E-state index is 11.9. The molecule has 0 spiro atoms. The van der Waals surface area contributed by atoms with Gasteiger partial charge in [-0.15, -0.1) is 0 Å². The SMILES string of the molecule is CN1C(=O)N([C@H]2C[C@H](O)[C@@H](CO)O2)CC=C1N. The number of ether oxygens (including phenoxy) is 1. The molecule has 0 aromatic heterocycles. The second-order valence-corrected chi connectivity index (χ2v) is 4.24. The summed E-state index contributed by atoms with van der Waals surface area (Å²) >= 11 is 0. The summed E-state index contributed by atoms with van der Waals surface area (Å²) in [4.78, 5) is 14.7. The summed E-state index contributed by atoms with van der Waals surface area (Å²) < 4.78 is 5.42. The molecule has 2 heterocycles. The average Bonchev–Trinajstić information content (AvgIpc) is 2.67. The molecule has 0 radical (unpaired) electrons. The molecule has 1 saturated heterocycles. The Hall–Kier alpha value is -1.31. The molecular weight excluding hydrogens is 226 g/mol. The molecule has 0 aliphatic carbocycles. The van der Waals surface area contributed by atoms with Gasteiger partial charge in [-0.1, -0.05) is 0 Å². The Labute approximate surface area is 99.0 Å². The van der Waals surface area contributed by atoms with Crippen LogP contribution in [0.5, 0.6) is 0 Å². The molecule has 2 rings (SSSR count). The minimum Gasteiger partial charge on any atom is -0.394 e. The van der Waals surface area contributed by atoms with E-state index in [1.165, 1.54) is 9.80 Å². The second kappa shape index (κ2) is 4.52. The first-order chi connectivity index (χ1) is 8.04. The van der Waals surface area contributed by atoms with Crippen LogP contribution in [0.25, 0.3) is 0 Å². The van der Waals surface area contributed by atoms with Crippen molar-refractivity contribution in [1.29, 1.82) is 0 Å². The number of urea groups is 1.